The van der Waals surface area contributed by atoms with Crippen molar-refractivity contribution in [3.05, 3.63) is 0 Å². The molecule has 0 aliphatic carbocycles. The van der Waals surface area contributed by atoms with Crippen molar-refractivity contribution in [3.8, 4) is 0 Å². The summed E-state index contributed by atoms with van der Waals surface area (Å²) < 4.78 is 20.6. The average Bonchev–Trinajstić information content (AvgIpc) is 2.27. The summed E-state index contributed by atoms with van der Waals surface area (Å²) in [7, 11) is 4.44. The predicted molar refractivity (Wildman–Crippen MR) is 50.4 cm³/mol. The Labute approximate surface area is 88.7 Å². The normalized spacial score (nSPS) is 41.8. The van der Waals surface area contributed by atoms with Crippen LogP contribution in [0.5, 0.6) is 0 Å². The molecule has 5 atom stereocenters. The Morgan fingerprint density at radius 2 is 1.53 bits per heavy atom. The summed E-state index contributed by atoms with van der Waals surface area (Å²) in [6, 6.07) is 0. The lowest BCUT2D eigenvalue weighted by Crippen LogP contribution is -2.60. The Morgan fingerprint density at radius 3 is 1.93 bits per heavy atom. The van der Waals surface area contributed by atoms with E-state index >= 15 is 0 Å². The third-order valence-corrected chi connectivity index (χ3v) is 2.61. The van der Waals surface area contributed by atoms with Crippen molar-refractivity contribution in [1.82, 2.24) is 0 Å². The number of hydrogen-bond acceptors (Lipinski definition) is 6. The summed E-state index contributed by atoms with van der Waals surface area (Å²) in [4.78, 5) is 0. The zero-order valence-electron chi connectivity index (χ0n) is 9.12. The van der Waals surface area contributed by atoms with Crippen molar-refractivity contribution in [2.45, 2.75) is 30.7 Å². The van der Waals surface area contributed by atoms with Gasteiger partial charge in [-0.15, -0.1) is 0 Å². The largest absolute Gasteiger partial charge is 0.394 e. The molecule has 0 radical (unpaired) electrons. The highest BCUT2D eigenvalue weighted by Crippen LogP contribution is 2.25. The van der Waals surface area contributed by atoms with Gasteiger partial charge in [0.05, 0.1) is 6.61 Å². The maximum atomic E-state index is 9.59. The first kappa shape index (κ1) is 12.8. The van der Waals surface area contributed by atoms with Crippen LogP contribution in [0.2, 0.25) is 0 Å². The average molecular weight is 222 g/mol. The van der Waals surface area contributed by atoms with E-state index in [0.717, 1.165) is 0 Å². The van der Waals surface area contributed by atoms with Gasteiger partial charge in [0.1, 0.15) is 24.4 Å². The van der Waals surface area contributed by atoms with Gasteiger partial charge in [0.2, 0.25) is 0 Å². The van der Waals surface area contributed by atoms with E-state index in [1.165, 1.54) is 21.3 Å². The fourth-order valence-corrected chi connectivity index (χ4v) is 1.85. The lowest BCUT2D eigenvalue weighted by molar-refractivity contribution is -0.299. The molecular weight excluding hydrogens is 204 g/mol. The topological polar surface area (TPSA) is 77.4 Å². The minimum absolute atomic E-state index is 0.244. The maximum Gasteiger partial charge on any atom is 0.184 e. The first-order valence-corrected chi connectivity index (χ1v) is 4.72. The number of hydrogen-bond donors (Lipinski definition) is 2. The first-order chi connectivity index (χ1) is 7.19. The van der Waals surface area contributed by atoms with Gasteiger partial charge >= 0.3 is 0 Å². The van der Waals surface area contributed by atoms with Gasteiger partial charge in [0.15, 0.2) is 6.29 Å². The number of ether oxygens (including phenoxy) is 4. The van der Waals surface area contributed by atoms with Crippen LogP contribution in [0.1, 0.15) is 0 Å². The van der Waals surface area contributed by atoms with Gasteiger partial charge in [-0.2, -0.15) is 0 Å². The Kier molecular flexibility index (Phi) is 4.91. The van der Waals surface area contributed by atoms with Gasteiger partial charge in [0.25, 0.3) is 0 Å². The van der Waals surface area contributed by atoms with Crippen LogP contribution in [0.4, 0.5) is 0 Å². The van der Waals surface area contributed by atoms with E-state index in [9.17, 15) is 5.11 Å². The Hall–Kier alpha value is -0.240. The van der Waals surface area contributed by atoms with E-state index in [1.807, 2.05) is 0 Å². The molecule has 6 nitrogen and oxygen atoms in total. The summed E-state index contributed by atoms with van der Waals surface area (Å²) >= 11 is 0. The first-order valence-electron chi connectivity index (χ1n) is 4.72. The Balaban J connectivity index is 2.80. The zero-order valence-corrected chi connectivity index (χ0v) is 9.12. The van der Waals surface area contributed by atoms with E-state index in [-0.39, 0.29) is 6.61 Å². The standard InChI is InChI=1S/C9H18O6/c1-12-6-5(4-10)15-9(11)8(14-3)7(6)13-2/h5-11H,4H2,1-3H3/t5?,6-,7?,8?,9+/m1/s1. The van der Waals surface area contributed by atoms with E-state index < -0.39 is 30.7 Å². The van der Waals surface area contributed by atoms with Gasteiger partial charge in [-0.1, -0.05) is 0 Å². The molecule has 1 aliphatic heterocycles. The molecule has 1 fully saturated rings. The summed E-state index contributed by atoms with van der Waals surface area (Å²) in [5, 5.41) is 18.7. The van der Waals surface area contributed by atoms with Crippen LogP contribution in [-0.4, -0.2) is 68.9 Å². The quantitative estimate of drug-likeness (QED) is 0.618. The molecule has 90 valence electrons. The van der Waals surface area contributed by atoms with Crippen molar-refractivity contribution in [1.29, 1.82) is 0 Å². The number of rotatable bonds is 4. The molecule has 3 unspecified atom stereocenters. The lowest BCUT2D eigenvalue weighted by Gasteiger charge is -2.42. The van der Waals surface area contributed by atoms with E-state index in [2.05, 4.69) is 0 Å². The van der Waals surface area contributed by atoms with Crippen LogP contribution in [0.25, 0.3) is 0 Å². The fraction of sp³-hybridized carbons (Fsp3) is 1.00. The predicted octanol–water partition coefficient (Wildman–Crippen LogP) is -1.26. The van der Waals surface area contributed by atoms with Crippen molar-refractivity contribution in [3.63, 3.8) is 0 Å². The summed E-state index contributed by atoms with van der Waals surface area (Å²) in [5.41, 5.74) is 0. The zero-order chi connectivity index (χ0) is 11.4. The molecule has 15 heavy (non-hydrogen) atoms. The van der Waals surface area contributed by atoms with Gasteiger partial charge in [-0.05, 0) is 0 Å². The van der Waals surface area contributed by atoms with E-state index in [0.29, 0.717) is 0 Å². The second-order valence-electron chi connectivity index (χ2n) is 3.35. The summed E-state index contributed by atoms with van der Waals surface area (Å²) in [5.74, 6) is 0. The monoisotopic (exact) mass is 222 g/mol. The van der Waals surface area contributed by atoms with Crippen molar-refractivity contribution < 1.29 is 29.2 Å². The SMILES string of the molecule is COC1C(OC)[C@@H](O)OC(CO)[C@H]1OC. The molecular formula is C9H18O6. The summed E-state index contributed by atoms with van der Waals surface area (Å²) in [6.07, 6.45) is -3.29. The molecule has 0 aromatic heterocycles. The fourth-order valence-electron chi connectivity index (χ4n) is 1.85. The third-order valence-electron chi connectivity index (χ3n) is 2.61. The molecule has 0 amide bonds. The molecule has 0 aromatic carbocycles. The highest BCUT2D eigenvalue weighted by molar-refractivity contribution is 4.91. The minimum atomic E-state index is -1.12. The van der Waals surface area contributed by atoms with Gasteiger partial charge in [-0.25, -0.2) is 0 Å². The maximum absolute atomic E-state index is 9.59. The molecule has 1 rings (SSSR count). The molecule has 0 aromatic rings. The Morgan fingerprint density at radius 1 is 1.00 bits per heavy atom. The second kappa shape index (κ2) is 5.74. The van der Waals surface area contributed by atoms with Crippen LogP contribution in [0, 0.1) is 0 Å². The molecule has 0 spiro atoms. The number of aliphatic hydroxyl groups excluding tert-OH is 2. The van der Waals surface area contributed by atoms with Crippen molar-refractivity contribution in [2.75, 3.05) is 27.9 Å². The van der Waals surface area contributed by atoms with E-state index in [1.54, 1.807) is 0 Å². The highest BCUT2D eigenvalue weighted by atomic mass is 16.7. The Bertz CT molecular complexity index is 187. The van der Waals surface area contributed by atoms with Crippen molar-refractivity contribution in [2.24, 2.45) is 0 Å². The van der Waals surface area contributed by atoms with Crippen LogP contribution in [0.3, 0.4) is 0 Å². The second-order valence-corrected chi connectivity index (χ2v) is 3.35. The molecule has 1 heterocycles. The van der Waals surface area contributed by atoms with Crippen LogP contribution < -0.4 is 0 Å². The van der Waals surface area contributed by atoms with Gasteiger partial charge in [0, 0.05) is 21.3 Å². The molecule has 1 aliphatic rings. The highest BCUT2D eigenvalue weighted by Gasteiger charge is 2.46. The molecule has 0 bridgehead atoms. The number of methoxy groups -OCH3 is 3. The minimum Gasteiger partial charge on any atom is -0.394 e. The smallest absolute Gasteiger partial charge is 0.184 e. The molecule has 0 saturated carbocycles. The van der Waals surface area contributed by atoms with E-state index in [4.69, 9.17) is 24.1 Å². The van der Waals surface area contributed by atoms with Crippen LogP contribution >= 0.6 is 0 Å². The molecule has 2 N–H and O–H groups in total. The van der Waals surface area contributed by atoms with Crippen molar-refractivity contribution >= 4 is 0 Å². The van der Waals surface area contributed by atoms with Gasteiger partial charge < -0.3 is 29.2 Å². The third kappa shape index (κ3) is 2.47. The van der Waals surface area contributed by atoms with Gasteiger partial charge in [-0.3, -0.25) is 0 Å². The van der Waals surface area contributed by atoms with Crippen LogP contribution in [-0.2, 0) is 18.9 Å². The molecule has 6 heteroatoms. The lowest BCUT2D eigenvalue weighted by atomic mass is 9.99. The van der Waals surface area contributed by atoms with Crippen LogP contribution in [0.15, 0.2) is 0 Å². The molecule has 1 saturated heterocycles. The summed E-state index contributed by atoms with van der Waals surface area (Å²) in [6.45, 7) is -0.244. The number of aliphatic hydroxyl groups is 2.